The fourth-order valence-electron chi connectivity index (χ4n) is 1.65. The molecule has 0 aliphatic rings. The van der Waals surface area contributed by atoms with Gasteiger partial charge in [-0.2, -0.15) is 0 Å². The maximum absolute atomic E-state index is 11.7. The minimum absolute atomic E-state index is 0.0141. The number of rotatable bonds is 4. The smallest absolute Gasteiger partial charge is 0.250 e. The van der Waals surface area contributed by atoms with Crippen molar-refractivity contribution in [2.24, 2.45) is 0 Å². The van der Waals surface area contributed by atoms with E-state index in [0.29, 0.717) is 11.6 Å². The average Bonchev–Trinajstić information content (AvgIpc) is 2.39. The molecule has 1 aromatic heterocycles. The first kappa shape index (κ1) is 13.4. The molecule has 0 aliphatic heterocycles. The molecule has 19 heavy (non-hydrogen) atoms. The van der Waals surface area contributed by atoms with Gasteiger partial charge in [-0.25, -0.2) is 0 Å². The number of pyridine rings is 1. The summed E-state index contributed by atoms with van der Waals surface area (Å²) in [7, 11) is 0. The third kappa shape index (κ3) is 3.96. The van der Waals surface area contributed by atoms with Crippen molar-refractivity contribution < 1.29 is 4.79 Å². The topological polar surface area (TPSA) is 51.1 Å². The molecule has 1 N–H and O–H groups in total. The summed E-state index contributed by atoms with van der Waals surface area (Å²) in [4.78, 5) is 23.2. The SMILES string of the molecule is O=C(Cn1ccccc1=O)NCc1cccc(Cl)c1. The zero-order valence-electron chi connectivity index (χ0n) is 10.2. The second kappa shape index (κ2) is 6.20. The number of hydrogen-bond acceptors (Lipinski definition) is 2. The van der Waals surface area contributed by atoms with Crippen LogP contribution in [0.4, 0.5) is 0 Å². The van der Waals surface area contributed by atoms with Crippen molar-refractivity contribution in [3.63, 3.8) is 0 Å². The van der Waals surface area contributed by atoms with Gasteiger partial charge in [0.1, 0.15) is 6.54 Å². The monoisotopic (exact) mass is 276 g/mol. The highest BCUT2D eigenvalue weighted by atomic mass is 35.5. The lowest BCUT2D eigenvalue weighted by atomic mass is 10.2. The van der Waals surface area contributed by atoms with E-state index in [-0.39, 0.29) is 18.0 Å². The number of amides is 1. The number of nitrogens with zero attached hydrogens (tertiary/aromatic N) is 1. The molecule has 0 fully saturated rings. The standard InChI is InChI=1S/C14H13ClN2O2/c15-12-5-3-4-11(8-12)9-16-13(18)10-17-7-2-1-6-14(17)19/h1-8H,9-10H2,(H,16,18). The minimum Gasteiger partial charge on any atom is -0.350 e. The van der Waals surface area contributed by atoms with Crippen LogP contribution < -0.4 is 10.9 Å². The molecule has 0 saturated heterocycles. The van der Waals surface area contributed by atoms with Crippen LogP contribution in [0.5, 0.6) is 0 Å². The second-order valence-corrected chi connectivity index (χ2v) is 4.51. The van der Waals surface area contributed by atoms with E-state index in [0.717, 1.165) is 5.56 Å². The van der Waals surface area contributed by atoms with Crippen LogP contribution in [0.25, 0.3) is 0 Å². The van der Waals surface area contributed by atoms with Gasteiger partial charge in [0, 0.05) is 23.8 Å². The van der Waals surface area contributed by atoms with Crippen molar-refractivity contribution in [3.8, 4) is 0 Å². The van der Waals surface area contributed by atoms with Gasteiger partial charge < -0.3 is 9.88 Å². The molecule has 0 atom stereocenters. The molecular formula is C14H13ClN2O2. The van der Waals surface area contributed by atoms with E-state index < -0.39 is 0 Å². The molecule has 0 radical (unpaired) electrons. The number of nitrogens with one attached hydrogen (secondary N) is 1. The molecule has 4 nitrogen and oxygen atoms in total. The highest BCUT2D eigenvalue weighted by Gasteiger charge is 2.03. The lowest BCUT2D eigenvalue weighted by Gasteiger charge is -2.07. The van der Waals surface area contributed by atoms with Gasteiger partial charge in [-0.3, -0.25) is 9.59 Å². The van der Waals surface area contributed by atoms with Gasteiger partial charge in [0.15, 0.2) is 0 Å². The summed E-state index contributed by atoms with van der Waals surface area (Å²) >= 11 is 5.85. The van der Waals surface area contributed by atoms with Crippen LogP contribution in [-0.4, -0.2) is 10.5 Å². The number of aromatic nitrogens is 1. The van der Waals surface area contributed by atoms with Crippen molar-refractivity contribution in [3.05, 3.63) is 69.6 Å². The number of carbonyl (C=O) groups is 1. The number of hydrogen-bond donors (Lipinski definition) is 1. The highest BCUT2D eigenvalue weighted by Crippen LogP contribution is 2.10. The summed E-state index contributed by atoms with van der Waals surface area (Å²) in [6, 6.07) is 12.0. The summed E-state index contributed by atoms with van der Waals surface area (Å²) in [5.74, 6) is -0.215. The number of benzene rings is 1. The molecule has 1 aromatic carbocycles. The molecule has 0 bridgehead atoms. The Bertz CT molecular complexity index is 637. The Morgan fingerprint density at radius 1 is 1.21 bits per heavy atom. The van der Waals surface area contributed by atoms with E-state index in [1.807, 2.05) is 12.1 Å². The fourth-order valence-corrected chi connectivity index (χ4v) is 1.86. The summed E-state index contributed by atoms with van der Waals surface area (Å²) in [5, 5.41) is 3.38. The van der Waals surface area contributed by atoms with Gasteiger partial charge in [0.2, 0.25) is 5.91 Å². The van der Waals surface area contributed by atoms with Gasteiger partial charge in [-0.1, -0.05) is 29.8 Å². The molecule has 2 aromatic rings. The molecule has 1 heterocycles. The van der Waals surface area contributed by atoms with Crippen molar-refractivity contribution in [1.29, 1.82) is 0 Å². The van der Waals surface area contributed by atoms with Crippen molar-refractivity contribution in [1.82, 2.24) is 9.88 Å². The zero-order chi connectivity index (χ0) is 13.7. The second-order valence-electron chi connectivity index (χ2n) is 4.07. The van der Waals surface area contributed by atoms with Gasteiger partial charge in [0.25, 0.3) is 5.56 Å². The fraction of sp³-hybridized carbons (Fsp3) is 0.143. The van der Waals surface area contributed by atoms with Crippen LogP contribution in [0, 0.1) is 0 Å². The van der Waals surface area contributed by atoms with Crippen molar-refractivity contribution in [2.75, 3.05) is 0 Å². The van der Waals surface area contributed by atoms with Gasteiger partial charge in [-0.15, -0.1) is 0 Å². The molecule has 2 rings (SSSR count). The number of halogens is 1. The van der Waals surface area contributed by atoms with E-state index in [2.05, 4.69) is 5.32 Å². The first-order valence-electron chi connectivity index (χ1n) is 5.82. The van der Waals surface area contributed by atoms with Crippen molar-refractivity contribution >= 4 is 17.5 Å². The van der Waals surface area contributed by atoms with E-state index in [4.69, 9.17) is 11.6 Å². The van der Waals surface area contributed by atoms with Gasteiger partial charge in [0.05, 0.1) is 0 Å². The zero-order valence-corrected chi connectivity index (χ0v) is 10.9. The summed E-state index contributed by atoms with van der Waals surface area (Å²) < 4.78 is 1.35. The lowest BCUT2D eigenvalue weighted by molar-refractivity contribution is -0.121. The summed E-state index contributed by atoms with van der Waals surface area (Å²) in [5.41, 5.74) is 0.724. The molecule has 0 saturated carbocycles. The minimum atomic E-state index is -0.215. The quantitative estimate of drug-likeness (QED) is 0.926. The van der Waals surface area contributed by atoms with E-state index >= 15 is 0 Å². The van der Waals surface area contributed by atoms with E-state index in [9.17, 15) is 9.59 Å². The molecular weight excluding hydrogens is 264 g/mol. The maximum atomic E-state index is 11.7. The lowest BCUT2D eigenvalue weighted by Crippen LogP contribution is -2.31. The third-order valence-electron chi connectivity index (χ3n) is 2.59. The number of carbonyl (C=O) groups excluding carboxylic acids is 1. The van der Waals surface area contributed by atoms with Gasteiger partial charge >= 0.3 is 0 Å². The molecule has 98 valence electrons. The van der Waals surface area contributed by atoms with Crippen LogP contribution in [0.1, 0.15) is 5.56 Å². The first-order chi connectivity index (χ1) is 9.15. The normalized spacial score (nSPS) is 10.2. The predicted molar refractivity (Wildman–Crippen MR) is 74.0 cm³/mol. The van der Waals surface area contributed by atoms with Crippen LogP contribution in [0.2, 0.25) is 5.02 Å². The van der Waals surface area contributed by atoms with E-state index in [1.165, 1.54) is 10.6 Å². The average molecular weight is 277 g/mol. The third-order valence-corrected chi connectivity index (χ3v) is 2.83. The highest BCUT2D eigenvalue weighted by molar-refractivity contribution is 6.30. The molecule has 1 amide bonds. The van der Waals surface area contributed by atoms with E-state index in [1.54, 1.807) is 30.5 Å². The maximum Gasteiger partial charge on any atom is 0.250 e. The molecule has 0 spiro atoms. The van der Waals surface area contributed by atoms with Crippen LogP contribution in [0.3, 0.4) is 0 Å². The Hall–Kier alpha value is -2.07. The largest absolute Gasteiger partial charge is 0.350 e. The van der Waals surface area contributed by atoms with Crippen LogP contribution in [0.15, 0.2) is 53.5 Å². The Labute approximate surface area is 115 Å². The Morgan fingerprint density at radius 3 is 2.79 bits per heavy atom. The summed E-state index contributed by atoms with van der Waals surface area (Å²) in [6.07, 6.45) is 1.58. The summed E-state index contributed by atoms with van der Waals surface area (Å²) in [6.45, 7) is 0.404. The van der Waals surface area contributed by atoms with Crippen LogP contribution >= 0.6 is 11.6 Å². The molecule has 0 unspecified atom stereocenters. The molecule has 5 heteroatoms. The van der Waals surface area contributed by atoms with Gasteiger partial charge in [-0.05, 0) is 23.8 Å². The predicted octanol–water partition coefficient (Wildman–Crippen LogP) is 1.82. The first-order valence-corrected chi connectivity index (χ1v) is 6.19. The Balaban J connectivity index is 1.92. The van der Waals surface area contributed by atoms with Crippen molar-refractivity contribution in [2.45, 2.75) is 13.1 Å². The molecule has 0 aliphatic carbocycles. The Morgan fingerprint density at radius 2 is 2.05 bits per heavy atom. The van der Waals surface area contributed by atoms with Crippen LogP contribution in [-0.2, 0) is 17.9 Å². The Kier molecular flexibility index (Phi) is 4.36.